The van der Waals surface area contributed by atoms with Gasteiger partial charge in [0.25, 0.3) is 5.91 Å². The van der Waals surface area contributed by atoms with Crippen LogP contribution in [0.25, 0.3) is 0 Å². The highest BCUT2D eigenvalue weighted by atomic mass is 35.5. The molecule has 2 aromatic rings. The molecule has 6 heteroatoms. The highest BCUT2D eigenvalue weighted by Crippen LogP contribution is 2.28. The highest BCUT2D eigenvalue weighted by Gasteiger charge is 2.15. The van der Waals surface area contributed by atoms with Gasteiger partial charge in [-0.25, -0.2) is 0 Å². The summed E-state index contributed by atoms with van der Waals surface area (Å²) in [4.78, 5) is 14.9. The number of hydrogen-bond acceptors (Lipinski definition) is 3. The van der Waals surface area contributed by atoms with Crippen LogP contribution in [0.5, 0.6) is 0 Å². The van der Waals surface area contributed by atoms with Crippen molar-refractivity contribution in [3.63, 3.8) is 0 Å². The van der Waals surface area contributed by atoms with Crippen molar-refractivity contribution < 1.29 is 4.79 Å². The number of nitrogens with one attached hydrogen (secondary N) is 1. The van der Waals surface area contributed by atoms with Crippen LogP contribution in [0, 0.1) is 0 Å². The van der Waals surface area contributed by atoms with Gasteiger partial charge in [-0.2, -0.15) is 0 Å². The van der Waals surface area contributed by atoms with Gasteiger partial charge in [-0.05, 0) is 42.7 Å². The number of anilines is 2. The maximum absolute atomic E-state index is 12.6. The molecule has 3 rings (SSSR count). The minimum Gasteiger partial charge on any atom is -0.370 e. The first-order valence-electron chi connectivity index (χ1n) is 8.72. The number of halogens is 2. The monoisotopic (exact) mass is 395 g/mol. The predicted octanol–water partition coefficient (Wildman–Crippen LogP) is 4.62. The Morgan fingerprint density at radius 3 is 2.15 bits per heavy atom. The van der Waals surface area contributed by atoms with E-state index >= 15 is 0 Å². The molecule has 2 aromatic carbocycles. The summed E-state index contributed by atoms with van der Waals surface area (Å²) < 4.78 is 0. The van der Waals surface area contributed by atoms with E-state index in [0.29, 0.717) is 12.1 Å². The zero-order valence-corrected chi connectivity index (χ0v) is 16.5. The molecular formula is C20H27Cl2N3O. The maximum atomic E-state index is 12.6. The molecule has 26 heavy (non-hydrogen) atoms. The number of para-hydroxylation sites is 2. The first-order chi connectivity index (χ1) is 11.8. The number of rotatable bonds is 4. The SMILES string of the molecule is Cl.Cl.NCc1ccc(C(=O)Nc2ccccc2N2CCCCCC2)cc1. The standard InChI is InChI=1S/C20H25N3O.2ClH/c21-15-16-9-11-17(12-10-16)20(24)22-18-7-3-4-8-19(18)23-13-5-1-2-6-14-23;;/h3-4,7-12H,1-2,5-6,13-15,21H2,(H,22,24);2*1H. The number of nitrogens with two attached hydrogens (primary N) is 1. The molecule has 1 saturated heterocycles. The first-order valence-corrected chi connectivity index (χ1v) is 8.72. The summed E-state index contributed by atoms with van der Waals surface area (Å²) >= 11 is 0. The molecule has 1 aliphatic rings. The van der Waals surface area contributed by atoms with Crippen molar-refractivity contribution in [2.45, 2.75) is 32.2 Å². The van der Waals surface area contributed by atoms with Gasteiger partial charge in [0.2, 0.25) is 0 Å². The molecule has 0 bridgehead atoms. The fourth-order valence-corrected chi connectivity index (χ4v) is 3.15. The van der Waals surface area contributed by atoms with Gasteiger partial charge >= 0.3 is 0 Å². The maximum Gasteiger partial charge on any atom is 0.255 e. The van der Waals surface area contributed by atoms with Gasteiger partial charge < -0.3 is 16.0 Å². The Labute approximate surface area is 168 Å². The molecule has 0 aliphatic carbocycles. The van der Waals surface area contributed by atoms with E-state index in [1.54, 1.807) is 0 Å². The van der Waals surface area contributed by atoms with Gasteiger partial charge in [0.05, 0.1) is 11.4 Å². The van der Waals surface area contributed by atoms with Crippen LogP contribution in [-0.4, -0.2) is 19.0 Å². The Hall–Kier alpha value is -1.75. The quantitative estimate of drug-likeness (QED) is 0.793. The van der Waals surface area contributed by atoms with E-state index in [1.807, 2.05) is 42.5 Å². The molecule has 0 saturated carbocycles. The van der Waals surface area contributed by atoms with Crippen LogP contribution in [0.2, 0.25) is 0 Å². The minimum atomic E-state index is -0.0826. The second-order valence-corrected chi connectivity index (χ2v) is 6.27. The van der Waals surface area contributed by atoms with E-state index in [9.17, 15) is 4.79 Å². The third-order valence-corrected chi connectivity index (χ3v) is 4.55. The molecule has 1 aliphatic heterocycles. The van der Waals surface area contributed by atoms with Crippen LogP contribution in [-0.2, 0) is 6.54 Å². The average molecular weight is 396 g/mol. The number of hydrogen-bond donors (Lipinski definition) is 2. The fourth-order valence-electron chi connectivity index (χ4n) is 3.15. The molecule has 1 amide bonds. The van der Waals surface area contributed by atoms with Crippen molar-refractivity contribution in [2.24, 2.45) is 5.73 Å². The van der Waals surface area contributed by atoms with Crippen LogP contribution in [0.4, 0.5) is 11.4 Å². The molecule has 3 N–H and O–H groups in total. The second-order valence-electron chi connectivity index (χ2n) is 6.27. The predicted molar refractivity (Wildman–Crippen MR) is 114 cm³/mol. The number of amides is 1. The van der Waals surface area contributed by atoms with E-state index in [4.69, 9.17) is 5.73 Å². The summed E-state index contributed by atoms with van der Waals surface area (Å²) in [6, 6.07) is 15.5. The van der Waals surface area contributed by atoms with Gasteiger partial charge in [-0.3, -0.25) is 4.79 Å². The molecule has 1 fully saturated rings. The Morgan fingerprint density at radius 1 is 0.923 bits per heavy atom. The van der Waals surface area contributed by atoms with E-state index in [2.05, 4.69) is 16.3 Å². The van der Waals surface area contributed by atoms with Crippen molar-refractivity contribution in [1.82, 2.24) is 0 Å². The lowest BCUT2D eigenvalue weighted by Gasteiger charge is -2.25. The molecule has 0 spiro atoms. The van der Waals surface area contributed by atoms with Gasteiger partial charge in [-0.1, -0.05) is 37.1 Å². The third kappa shape index (κ3) is 5.63. The lowest BCUT2D eigenvalue weighted by atomic mass is 10.1. The topological polar surface area (TPSA) is 58.4 Å². The molecule has 0 atom stereocenters. The third-order valence-electron chi connectivity index (χ3n) is 4.55. The summed E-state index contributed by atoms with van der Waals surface area (Å²) in [6.45, 7) is 2.59. The van der Waals surface area contributed by atoms with Gasteiger partial charge in [-0.15, -0.1) is 24.8 Å². The zero-order chi connectivity index (χ0) is 16.8. The van der Waals surface area contributed by atoms with Crippen molar-refractivity contribution in [2.75, 3.05) is 23.3 Å². The first kappa shape index (κ1) is 22.3. The summed E-state index contributed by atoms with van der Waals surface area (Å²) in [7, 11) is 0. The Balaban J connectivity index is 0.00000169. The average Bonchev–Trinajstić information content (AvgIpc) is 2.91. The van der Waals surface area contributed by atoms with E-state index < -0.39 is 0 Å². The summed E-state index contributed by atoms with van der Waals surface area (Å²) in [6.07, 6.45) is 5.00. The molecular weight excluding hydrogens is 369 g/mol. The number of benzene rings is 2. The van der Waals surface area contributed by atoms with Crippen molar-refractivity contribution in [1.29, 1.82) is 0 Å². The molecule has 4 nitrogen and oxygen atoms in total. The van der Waals surface area contributed by atoms with Gasteiger partial charge in [0, 0.05) is 25.2 Å². The fraction of sp³-hybridized carbons (Fsp3) is 0.350. The number of carbonyl (C=O) groups excluding carboxylic acids is 1. The van der Waals surface area contributed by atoms with Crippen LogP contribution >= 0.6 is 24.8 Å². The normalized spacial score (nSPS) is 13.8. The zero-order valence-electron chi connectivity index (χ0n) is 14.8. The number of nitrogens with zero attached hydrogens (tertiary/aromatic N) is 1. The van der Waals surface area contributed by atoms with Crippen LogP contribution in [0.15, 0.2) is 48.5 Å². The van der Waals surface area contributed by atoms with Gasteiger partial charge in [0.15, 0.2) is 0 Å². The van der Waals surface area contributed by atoms with Crippen LogP contribution < -0.4 is 16.0 Å². The largest absolute Gasteiger partial charge is 0.370 e. The smallest absolute Gasteiger partial charge is 0.255 e. The summed E-state index contributed by atoms with van der Waals surface area (Å²) in [5.41, 5.74) is 9.28. The highest BCUT2D eigenvalue weighted by molar-refractivity contribution is 6.06. The van der Waals surface area contributed by atoms with E-state index in [0.717, 1.165) is 30.0 Å². The molecule has 0 unspecified atom stereocenters. The van der Waals surface area contributed by atoms with Crippen LogP contribution in [0.3, 0.4) is 0 Å². The lowest BCUT2D eigenvalue weighted by molar-refractivity contribution is 0.102. The summed E-state index contributed by atoms with van der Waals surface area (Å²) in [5, 5.41) is 3.07. The second kappa shape index (κ2) is 11.1. The molecule has 142 valence electrons. The van der Waals surface area contributed by atoms with Crippen molar-refractivity contribution in [3.05, 3.63) is 59.7 Å². The molecule has 1 heterocycles. The molecule has 0 aromatic heterocycles. The lowest BCUT2D eigenvalue weighted by Crippen LogP contribution is -2.25. The van der Waals surface area contributed by atoms with Crippen LogP contribution in [0.1, 0.15) is 41.6 Å². The van der Waals surface area contributed by atoms with E-state index in [1.165, 1.54) is 25.7 Å². The molecule has 0 radical (unpaired) electrons. The Bertz CT molecular complexity index is 684. The van der Waals surface area contributed by atoms with Crippen molar-refractivity contribution in [3.8, 4) is 0 Å². The minimum absolute atomic E-state index is 0. The van der Waals surface area contributed by atoms with Gasteiger partial charge in [0.1, 0.15) is 0 Å². The Morgan fingerprint density at radius 2 is 1.54 bits per heavy atom. The number of carbonyl (C=O) groups is 1. The van der Waals surface area contributed by atoms with E-state index in [-0.39, 0.29) is 30.7 Å². The van der Waals surface area contributed by atoms with Crippen molar-refractivity contribution >= 4 is 42.1 Å². The Kier molecular flexibility index (Phi) is 9.49. The summed E-state index contributed by atoms with van der Waals surface area (Å²) in [5.74, 6) is -0.0826.